The lowest BCUT2D eigenvalue weighted by Crippen LogP contribution is -2.32. The number of rotatable bonds is 8. The maximum absolute atomic E-state index is 12.4. The Balaban J connectivity index is 1.81. The van der Waals surface area contributed by atoms with E-state index in [9.17, 15) is 9.59 Å². The van der Waals surface area contributed by atoms with E-state index in [1.54, 1.807) is 44.3 Å². The number of amides is 3. The second-order valence-electron chi connectivity index (χ2n) is 6.33. The fraction of sp³-hybridized carbons (Fsp3) is 0.333. The standard InChI is InChI=1S/C21H27N3O4/c1-16(25)24(3)18-10-7-9-17(15-18)22-21(26)23(2)13-8-14-28-20-12-6-5-11-19(20)27-4/h5-7,9-12,15H,8,13-14H2,1-4H3,(H,22,26). The molecule has 0 heterocycles. The number of nitrogens with zero attached hydrogens (tertiary/aromatic N) is 2. The number of ether oxygens (including phenoxy) is 2. The van der Waals surface area contributed by atoms with E-state index < -0.39 is 0 Å². The maximum Gasteiger partial charge on any atom is 0.321 e. The summed E-state index contributed by atoms with van der Waals surface area (Å²) in [7, 11) is 5.02. The molecule has 3 amide bonds. The van der Waals surface area contributed by atoms with Gasteiger partial charge in [-0.3, -0.25) is 4.79 Å². The Morgan fingerprint density at radius 2 is 1.75 bits per heavy atom. The molecule has 0 aromatic heterocycles. The molecule has 0 aliphatic heterocycles. The van der Waals surface area contributed by atoms with Gasteiger partial charge in [-0.1, -0.05) is 18.2 Å². The molecule has 28 heavy (non-hydrogen) atoms. The van der Waals surface area contributed by atoms with E-state index in [1.165, 1.54) is 11.8 Å². The smallest absolute Gasteiger partial charge is 0.321 e. The van der Waals surface area contributed by atoms with Crippen molar-refractivity contribution in [3.05, 3.63) is 48.5 Å². The largest absolute Gasteiger partial charge is 0.493 e. The Kier molecular flexibility index (Phi) is 7.68. The van der Waals surface area contributed by atoms with E-state index in [-0.39, 0.29) is 11.9 Å². The topological polar surface area (TPSA) is 71.1 Å². The molecule has 0 saturated heterocycles. The predicted octanol–water partition coefficient (Wildman–Crippen LogP) is 3.61. The first-order valence-electron chi connectivity index (χ1n) is 9.04. The lowest BCUT2D eigenvalue weighted by Gasteiger charge is -2.20. The highest BCUT2D eigenvalue weighted by molar-refractivity contribution is 5.93. The first-order valence-corrected chi connectivity index (χ1v) is 9.04. The number of para-hydroxylation sites is 2. The van der Waals surface area contributed by atoms with Gasteiger partial charge in [0.15, 0.2) is 11.5 Å². The number of hydrogen-bond donors (Lipinski definition) is 1. The van der Waals surface area contributed by atoms with Crippen LogP contribution in [0.15, 0.2) is 48.5 Å². The number of carbonyl (C=O) groups excluding carboxylic acids is 2. The summed E-state index contributed by atoms with van der Waals surface area (Å²) in [4.78, 5) is 27.0. The minimum absolute atomic E-state index is 0.0735. The van der Waals surface area contributed by atoms with Gasteiger partial charge in [-0.15, -0.1) is 0 Å². The average molecular weight is 385 g/mol. The van der Waals surface area contributed by atoms with Crippen molar-refractivity contribution >= 4 is 23.3 Å². The minimum atomic E-state index is -0.222. The molecule has 0 unspecified atom stereocenters. The normalized spacial score (nSPS) is 10.1. The van der Waals surface area contributed by atoms with Crippen LogP contribution in [0, 0.1) is 0 Å². The molecular formula is C21H27N3O4. The van der Waals surface area contributed by atoms with Gasteiger partial charge in [0.1, 0.15) is 0 Å². The van der Waals surface area contributed by atoms with Crippen molar-refractivity contribution in [2.24, 2.45) is 0 Å². The molecule has 0 saturated carbocycles. The molecule has 0 spiro atoms. The van der Waals surface area contributed by atoms with Gasteiger partial charge in [-0.05, 0) is 36.8 Å². The average Bonchev–Trinajstić information content (AvgIpc) is 2.70. The predicted molar refractivity (Wildman–Crippen MR) is 110 cm³/mol. The zero-order chi connectivity index (χ0) is 20.5. The monoisotopic (exact) mass is 385 g/mol. The third-order valence-corrected chi connectivity index (χ3v) is 4.27. The molecule has 0 fully saturated rings. The molecule has 2 rings (SSSR count). The summed E-state index contributed by atoms with van der Waals surface area (Å²) in [6, 6.07) is 14.4. The van der Waals surface area contributed by atoms with Crippen LogP contribution in [0.25, 0.3) is 0 Å². The molecule has 1 N–H and O–H groups in total. The van der Waals surface area contributed by atoms with Crippen LogP contribution in [-0.2, 0) is 4.79 Å². The fourth-order valence-electron chi connectivity index (χ4n) is 2.52. The molecule has 7 heteroatoms. The van der Waals surface area contributed by atoms with Crippen LogP contribution in [-0.4, -0.2) is 51.2 Å². The maximum atomic E-state index is 12.4. The summed E-state index contributed by atoms with van der Waals surface area (Å²) in [5.74, 6) is 1.29. The number of nitrogens with one attached hydrogen (secondary N) is 1. The summed E-state index contributed by atoms with van der Waals surface area (Å²) < 4.78 is 11.0. The number of anilines is 2. The van der Waals surface area contributed by atoms with E-state index in [2.05, 4.69) is 5.32 Å². The fourth-order valence-corrected chi connectivity index (χ4v) is 2.52. The van der Waals surface area contributed by atoms with Crippen LogP contribution in [0.4, 0.5) is 16.2 Å². The highest BCUT2D eigenvalue weighted by Crippen LogP contribution is 2.25. The van der Waals surface area contributed by atoms with Crippen molar-refractivity contribution in [3.8, 4) is 11.5 Å². The van der Waals surface area contributed by atoms with Gasteiger partial charge in [-0.2, -0.15) is 0 Å². The zero-order valence-electron chi connectivity index (χ0n) is 16.8. The number of benzene rings is 2. The molecule has 0 radical (unpaired) electrons. The van der Waals surface area contributed by atoms with Crippen molar-refractivity contribution in [2.75, 3.05) is 44.6 Å². The highest BCUT2D eigenvalue weighted by Gasteiger charge is 2.11. The molecule has 0 bridgehead atoms. The van der Waals surface area contributed by atoms with Crippen LogP contribution < -0.4 is 19.7 Å². The van der Waals surface area contributed by atoms with E-state index in [1.807, 2.05) is 30.3 Å². The van der Waals surface area contributed by atoms with Crippen molar-refractivity contribution in [3.63, 3.8) is 0 Å². The second-order valence-corrected chi connectivity index (χ2v) is 6.33. The van der Waals surface area contributed by atoms with Crippen molar-refractivity contribution < 1.29 is 19.1 Å². The summed E-state index contributed by atoms with van der Waals surface area (Å²) in [6.45, 7) is 2.50. The molecule has 150 valence electrons. The quantitative estimate of drug-likeness (QED) is 0.705. The van der Waals surface area contributed by atoms with Gasteiger partial charge in [0.05, 0.1) is 13.7 Å². The van der Waals surface area contributed by atoms with E-state index in [0.29, 0.717) is 36.8 Å². The summed E-state index contributed by atoms with van der Waals surface area (Å²) in [5.41, 5.74) is 1.35. The molecule has 0 aliphatic carbocycles. The second kappa shape index (κ2) is 10.2. The first kappa shape index (κ1) is 21.1. The van der Waals surface area contributed by atoms with Crippen molar-refractivity contribution in [1.29, 1.82) is 0 Å². The molecule has 2 aromatic carbocycles. The van der Waals surface area contributed by atoms with Gasteiger partial charge in [0.25, 0.3) is 0 Å². The molecule has 2 aromatic rings. The van der Waals surface area contributed by atoms with Gasteiger partial charge >= 0.3 is 6.03 Å². The Morgan fingerprint density at radius 1 is 1.04 bits per heavy atom. The van der Waals surface area contributed by atoms with E-state index >= 15 is 0 Å². The van der Waals surface area contributed by atoms with Crippen LogP contribution in [0.1, 0.15) is 13.3 Å². The zero-order valence-corrected chi connectivity index (χ0v) is 16.8. The Labute approximate surface area is 165 Å². The number of carbonyl (C=O) groups is 2. The molecule has 0 atom stereocenters. The third kappa shape index (κ3) is 5.90. The van der Waals surface area contributed by atoms with E-state index in [4.69, 9.17) is 9.47 Å². The van der Waals surface area contributed by atoms with Crippen LogP contribution in [0.2, 0.25) is 0 Å². The van der Waals surface area contributed by atoms with Gasteiger partial charge in [0.2, 0.25) is 5.91 Å². The molecule has 0 aliphatic rings. The van der Waals surface area contributed by atoms with Crippen molar-refractivity contribution in [1.82, 2.24) is 4.90 Å². The SMILES string of the molecule is COc1ccccc1OCCCN(C)C(=O)Nc1cccc(N(C)C(C)=O)c1. The van der Waals surface area contributed by atoms with Crippen LogP contribution in [0.3, 0.4) is 0 Å². The lowest BCUT2D eigenvalue weighted by atomic mass is 10.2. The first-order chi connectivity index (χ1) is 13.4. The summed E-state index contributed by atoms with van der Waals surface area (Å²) in [5, 5.41) is 2.84. The number of hydrogen-bond acceptors (Lipinski definition) is 4. The third-order valence-electron chi connectivity index (χ3n) is 4.27. The Bertz CT molecular complexity index is 810. The number of methoxy groups -OCH3 is 1. The van der Waals surface area contributed by atoms with E-state index in [0.717, 1.165) is 5.69 Å². The lowest BCUT2D eigenvalue weighted by molar-refractivity contribution is -0.116. The van der Waals surface area contributed by atoms with Crippen LogP contribution in [0.5, 0.6) is 11.5 Å². The van der Waals surface area contributed by atoms with Crippen molar-refractivity contribution in [2.45, 2.75) is 13.3 Å². The highest BCUT2D eigenvalue weighted by atomic mass is 16.5. The number of urea groups is 1. The molecular weight excluding hydrogens is 358 g/mol. The molecule has 7 nitrogen and oxygen atoms in total. The van der Waals surface area contributed by atoms with Gasteiger partial charge < -0.3 is 24.6 Å². The minimum Gasteiger partial charge on any atom is -0.493 e. The van der Waals surface area contributed by atoms with Gasteiger partial charge in [0, 0.05) is 38.9 Å². The Hall–Kier alpha value is -3.22. The summed E-state index contributed by atoms with van der Waals surface area (Å²) >= 11 is 0. The van der Waals surface area contributed by atoms with Gasteiger partial charge in [-0.25, -0.2) is 4.79 Å². The van der Waals surface area contributed by atoms with Crippen LogP contribution >= 0.6 is 0 Å². The Morgan fingerprint density at radius 3 is 2.43 bits per heavy atom. The summed E-state index contributed by atoms with van der Waals surface area (Å²) in [6.07, 6.45) is 0.676.